The summed E-state index contributed by atoms with van der Waals surface area (Å²) in [5.41, 5.74) is 6.70. The average molecular weight is 291 g/mol. The number of pyridine rings is 1. The van der Waals surface area contributed by atoms with E-state index in [1.54, 1.807) is 13.1 Å². The minimum atomic E-state index is -4.42. The lowest BCUT2D eigenvalue weighted by Gasteiger charge is -2.25. The van der Waals surface area contributed by atoms with Crippen LogP contribution in [0.3, 0.4) is 0 Å². The van der Waals surface area contributed by atoms with Crippen LogP contribution in [0.2, 0.25) is 0 Å². The number of aromatic nitrogens is 1. The third-order valence-corrected chi connectivity index (χ3v) is 2.90. The molecule has 1 aromatic rings. The van der Waals surface area contributed by atoms with Gasteiger partial charge in [-0.15, -0.1) is 0 Å². The molecule has 7 heteroatoms. The van der Waals surface area contributed by atoms with Gasteiger partial charge in [0.1, 0.15) is 5.92 Å². The molecule has 0 aliphatic carbocycles. The van der Waals surface area contributed by atoms with Crippen LogP contribution in [0.25, 0.3) is 0 Å². The second-order valence-corrected chi connectivity index (χ2v) is 4.94. The number of aryl methyl sites for hydroxylation is 1. The molecule has 0 aliphatic heterocycles. The van der Waals surface area contributed by atoms with Crippen molar-refractivity contribution in [2.24, 2.45) is 11.7 Å². The molecule has 1 atom stereocenters. The predicted molar refractivity (Wildman–Crippen MR) is 71.6 cm³/mol. The smallest absolute Gasteiger partial charge is 0.393 e. The zero-order valence-corrected chi connectivity index (χ0v) is 11.6. The molecule has 0 spiro atoms. The summed E-state index contributed by atoms with van der Waals surface area (Å²) in [7, 11) is 1.58. The Morgan fingerprint density at radius 2 is 2.11 bits per heavy atom. The first-order valence-electron chi connectivity index (χ1n) is 5.67. The van der Waals surface area contributed by atoms with E-state index in [1.165, 1.54) is 4.90 Å². The van der Waals surface area contributed by atoms with Crippen LogP contribution in [-0.4, -0.2) is 34.6 Å². The predicted octanol–water partition coefficient (Wildman–Crippen LogP) is 2.29. The van der Waals surface area contributed by atoms with Crippen molar-refractivity contribution in [1.82, 2.24) is 9.88 Å². The van der Waals surface area contributed by atoms with Crippen molar-refractivity contribution in [3.05, 3.63) is 29.6 Å². The molecule has 1 aromatic heterocycles. The Hall–Kier alpha value is -1.21. The van der Waals surface area contributed by atoms with Crippen LogP contribution >= 0.6 is 12.2 Å². The SMILES string of the molecule is Cc1cccc(CN(C)CC(C(N)=S)C(F)(F)F)n1. The van der Waals surface area contributed by atoms with Crippen molar-refractivity contribution >= 4 is 17.2 Å². The first kappa shape index (κ1) is 15.8. The lowest BCUT2D eigenvalue weighted by Crippen LogP contribution is -2.42. The summed E-state index contributed by atoms with van der Waals surface area (Å²) in [5.74, 6) is -1.79. The van der Waals surface area contributed by atoms with Gasteiger partial charge in [0.15, 0.2) is 0 Å². The van der Waals surface area contributed by atoms with Crippen LogP contribution < -0.4 is 5.73 Å². The third kappa shape index (κ3) is 5.12. The molecule has 3 nitrogen and oxygen atoms in total. The first-order chi connectivity index (χ1) is 8.70. The fraction of sp³-hybridized carbons (Fsp3) is 0.500. The summed E-state index contributed by atoms with van der Waals surface area (Å²) < 4.78 is 38.2. The summed E-state index contributed by atoms with van der Waals surface area (Å²) in [4.78, 5) is 5.22. The van der Waals surface area contributed by atoms with Crippen molar-refractivity contribution in [2.75, 3.05) is 13.6 Å². The van der Waals surface area contributed by atoms with Gasteiger partial charge in [-0.2, -0.15) is 13.2 Å². The molecule has 0 fully saturated rings. The van der Waals surface area contributed by atoms with E-state index in [9.17, 15) is 13.2 Å². The van der Waals surface area contributed by atoms with E-state index in [0.29, 0.717) is 12.2 Å². The van der Waals surface area contributed by atoms with Crippen molar-refractivity contribution in [1.29, 1.82) is 0 Å². The number of thiocarbonyl (C=S) groups is 1. The van der Waals surface area contributed by atoms with Gasteiger partial charge in [-0.1, -0.05) is 18.3 Å². The largest absolute Gasteiger partial charge is 0.399 e. The molecule has 0 aromatic carbocycles. The lowest BCUT2D eigenvalue weighted by atomic mass is 10.1. The number of hydrogen-bond donors (Lipinski definition) is 1. The summed E-state index contributed by atoms with van der Waals surface area (Å²) in [6, 6.07) is 5.42. The Labute approximate surface area is 115 Å². The molecule has 106 valence electrons. The van der Waals surface area contributed by atoms with E-state index in [-0.39, 0.29) is 6.54 Å². The molecule has 0 aliphatic rings. The highest BCUT2D eigenvalue weighted by atomic mass is 32.1. The molecule has 1 unspecified atom stereocenters. The Balaban J connectivity index is 2.68. The summed E-state index contributed by atoms with van der Waals surface area (Å²) in [6.07, 6.45) is -4.42. The molecule has 0 saturated heterocycles. The van der Waals surface area contributed by atoms with Crippen molar-refractivity contribution < 1.29 is 13.2 Å². The molecule has 0 radical (unpaired) electrons. The number of nitrogens with two attached hydrogens (primary N) is 1. The fourth-order valence-electron chi connectivity index (χ4n) is 1.70. The van der Waals surface area contributed by atoms with Gasteiger partial charge >= 0.3 is 6.18 Å². The van der Waals surface area contributed by atoms with Gasteiger partial charge in [0.25, 0.3) is 0 Å². The Morgan fingerprint density at radius 3 is 2.58 bits per heavy atom. The molecule has 19 heavy (non-hydrogen) atoms. The topological polar surface area (TPSA) is 42.1 Å². The Bertz CT molecular complexity index is 448. The number of halogens is 3. The van der Waals surface area contributed by atoms with E-state index in [4.69, 9.17) is 5.73 Å². The maximum atomic E-state index is 12.7. The zero-order valence-electron chi connectivity index (χ0n) is 10.7. The van der Waals surface area contributed by atoms with Crippen LogP contribution in [0, 0.1) is 12.8 Å². The zero-order chi connectivity index (χ0) is 14.6. The van der Waals surface area contributed by atoms with E-state index < -0.39 is 17.1 Å². The monoisotopic (exact) mass is 291 g/mol. The van der Waals surface area contributed by atoms with Gasteiger partial charge < -0.3 is 5.73 Å². The van der Waals surface area contributed by atoms with E-state index in [1.807, 2.05) is 19.1 Å². The summed E-state index contributed by atoms with van der Waals surface area (Å²) in [5, 5.41) is 0. The van der Waals surface area contributed by atoms with Crippen molar-refractivity contribution in [2.45, 2.75) is 19.6 Å². The van der Waals surface area contributed by atoms with Crippen LogP contribution in [0.15, 0.2) is 18.2 Å². The van der Waals surface area contributed by atoms with Crippen LogP contribution in [0.4, 0.5) is 13.2 Å². The molecule has 0 saturated carbocycles. The van der Waals surface area contributed by atoms with Crippen LogP contribution in [0.1, 0.15) is 11.4 Å². The fourth-order valence-corrected chi connectivity index (χ4v) is 1.90. The highest BCUT2D eigenvalue weighted by Gasteiger charge is 2.42. The maximum absolute atomic E-state index is 12.7. The third-order valence-electron chi connectivity index (χ3n) is 2.61. The molecule has 1 rings (SSSR count). The highest BCUT2D eigenvalue weighted by Crippen LogP contribution is 2.27. The van der Waals surface area contributed by atoms with Crippen molar-refractivity contribution in [3.63, 3.8) is 0 Å². The van der Waals surface area contributed by atoms with Gasteiger partial charge in [0.2, 0.25) is 0 Å². The standard InChI is InChI=1S/C12H16F3N3S/c1-8-4-3-5-9(17-8)6-18(2)7-10(11(16)19)12(13,14)15/h3-5,10H,6-7H2,1-2H3,(H2,16,19). The first-order valence-corrected chi connectivity index (χ1v) is 6.08. The highest BCUT2D eigenvalue weighted by molar-refractivity contribution is 7.80. The maximum Gasteiger partial charge on any atom is 0.399 e. The van der Waals surface area contributed by atoms with Gasteiger partial charge in [-0.25, -0.2) is 0 Å². The Morgan fingerprint density at radius 1 is 1.47 bits per heavy atom. The second-order valence-electron chi connectivity index (χ2n) is 4.46. The van der Waals surface area contributed by atoms with Gasteiger partial charge in [0, 0.05) is 18.8 Å². The number of rotatable bonds is 5. The number of hydrogen-bond acceptors (Lipinski definition) is 3. The van der Waals surface area contributed by atoms with Gasteiger partial charge in [0.05, 0.1) is 10.7 Å². The van der Waals surface area contributed by atoms with E-state index in [0.717, 1.165) is 5.69 Å². The second kappa shape index (κ2) is 6.29. The van der Waals surface area contributed by atoms with Crippen LogP contribution in [-0.2, 0) is 6.54 Å². The number of nitrogens with zero attached hydrogens (tertiary/aromatic N) is 2. The molecule has 0 amide bonds. The quantitative estimate of drug-likeness (QED) is 0.845. The molecular formula is C12H16F3N3S. The molecule has 2 N–H and O–H groups in total. The average Bonchev–Trinajstić information content (AvgIpc) is 2.24. The Kier molecular flexibility index (Phi) is 5.25. The normalized spacial score (nSPS) is 13.6. The van der Waals surface area contributed by atoms with E-state index in [2.05, 4.69) is 17.2 Å². The van der Waals surface area contributed by atoms with Crippen molar-refractivity contribution in [3.8, 4) is 0 Å². The summed E-state index contributed by atoms with van der Waals surface area (Å²) >= 11 is 4.48. The minimum Gasteiger partial charge on any atom is -0.393 e. The van der Waals surface area contributed by atoms with E-state index >= 15 is 0 Å². The molecule has 0 bridgehead atoms. The summed E-state index contributed by atoms with van der Waals surface area (Å²) in [6.45, 7) is 1.88. The molecular weight excluding hydrogens is 275 g/mol. The van der Waals surface area contributed by atoms with Gasteiger partial charge in [-0.3, -0.25) is 9.88 Å². The lowest BCUT2D eigenvalue weighted by molar-refractivity contribution is -0.158. The minimum absolute atomic E-state index is 0.269. The van der Waals surface area contributed by atoms with Crippen LogP contribution in [0.5, 0.6) is 0 Å². The van der Waals surface area contributed by atoms with Gasteiger partial charge in [-0.05, 0) is 26.1 Å². The molecule has 1 heterocycles. The number of alkyl halides is 3.